The highest BCUT2D eigenvalue weighted by Crippen LogP contribution is 2.25. The van der Waals surface area contributed by atoms with E-state index in [-0.39, 0.29) is 5.91 Å². The summed E-state index contributed by atoms with van der Waals surface area (Å²) in [5, 5.41) is 7.01. The number of piperidine rings is 1. The third-order valence-corrected chi connectivity index (χ3v) is 3.61. The molecule has 2 aliphatic heterocycles. The van der Waals surface area contributed by atoms with E-state index in [0.717, 1.165) is 32.0 Å². The average molecular weight is 221 g/mol. The zero-order valence-corrected chi connectivity index (χ0v) is 9.06. The number of nitrogens with one attached hydrogen (secondary N) is 1. The van der Waals surface area contributed by atoms with Gasteiger partial charge in [0.1, 0.15) is 0 Å². The smallest absolute Gasteiger partial charge is 0.292 e. The van der Waals surface area contributed by atoms with Crippen LogP contribution in [-0.4, -0.2) is 41.6 Å². The number of nitrogens with zero attached hydrogens (tertiary/aromatic N) is 2. The molecule has 1 aromatic heterocycles. The van der Waals surface area contributed by atoms with E-state index in [1.165, 1.54) is 12.6 Å². The van der Waals surface area contributed by atoms with Gasteiger partial charge < -0.3 is 14.7 Å². The Kier molecular flexibility index (Phi) is 2.40. The molecule has 0 saturated carbocycles. The second-order valence-corrected chi connectivity index (χ2v) is 4.53. The Balaban J connectivity index is 1.70. The van der Waals surface area contributed by atoms with Crippen LogP contribution in [0, 0.1) is 5.92 Å². The molecule has 0 spiro atoms. The highest BCUT2D eigenvalue weighted by Gasteiger charge is 2.35. The fraction of sp³-hybridized carbons (Fsp3) is 0.636. The Morgan fingerprint density at radius 1 is 1.56 bits per heavy atom. The quantitative estimate of drug-likeness (QED) is 0.750. The minimum absolute atomic E-state index is 0.0374. The van der Waals surface area contributed by atoms with E-state index in [1.54, 1.807) is 6.07 Å². The van der Waals surface area contributed by atoms with E-state index >= 15 is 0 Å². The Morgan fingerprint density at radius 3 is 3.31 bits per heavy atom. The molecule has 2 saturated heterocycles. The van der Waals surface area contributed by atoms with Crippen LogP contribution in [0.25, 0.3) is 0 Å². The van der Waals surface area contributed by atoms with Gasteiger partial charge >= 0.3 is 0 Å². The minimum Gasteiger partial charge on any atom is -0.351 e. The van der Waals surface area contributed by atoms with Crippen LogP contribution in [0.4, 0.5) is 0 Å². The first-order valence-corrected chi connectivity index (χ1v) is 5.78. The summed E-state index contributed by atoms with van der Waals surface area (Å²) in [7, 11) is 0. The van der Waals surface area contributed by atoms with Crippen LogP contribution in [-0.2, 0) is 0 Å². The Bertz CT molecular complexity index is 377. The second kappa shape index (κ2) is 3.90. The number of carbonyl (C=O) groups excluding carboxylic acids is 1. The van der Waals surface area contributed by atoms with Crippen LogP contribution < -0.4 is 5.32 Å². The molecule has 5 heteroatoms. The van der Waals surface area contributed by atoms with Gasteiger partial charge in [0, 0.05) is 25.2 Å². The molecule has 0 aromatic carbocycles. The van der Waals surface area contributed by atoms with Crippen molar-refractivity contribution >= 4 is 5.91 Å². The number of carbonyl (C=O) groups is 1. The van der Waals surface area contributed by atoms with Crippen LogP contribution in [0.2, 0.25) is 0 Å². The van der Waals surface area contributed by atoms with Crippen molar-refractivity contribution in [3.63, 3.8) is 0 Å². The van der Waals surface area contributed by atoms with E-state index < -0.39 is 0 Å². The molecule has 86 valence electrons. The van der Waals surface area contributed by atoms with E-state index in [9.17, 15) is 4.79 Å². The molecule has 2 atom stereocenters. The van der Waals surface area contributed by atoms with E-state index in [1.807, 2.05) is 4.90 Å². The molecule has 0 radical (unpaired) electrons. The molecular weight excluding hydrogens is 206 g/mol. The number of aromatic nitrogens is 1. The summed E-state index contributed by atoms with van der Waals surface area (Å²) < 4.78 is 4.90. The van der Waals surface area contributed by atoms with E-state index in [2.05, 4.69) is 10.5 Å². The fourth-order valence-corrected chi connectivity index (χ4v) is 2.70. The molecule has 2 fully saturated rings. The standard InChI is InChI=1S/C11H15N3O2/c15-11(10-2-5-13-16-10)14-6-3-8-1-4-12-9(8)7-14/h2,5,8-9,12H,1,3-4,6-7H2. The predicted octanol–water partition coefficient (Wildman–Crippen LogP) is 0.499. The van der Waals surface area contributed by atoms with Crippen molar-refractivity contribution in [1.82, 2.24) is 15.4 Å². The van der Waals surface area contributed by atoms with Crippen LogP contribution >= 0.6 is 0 Å². The Labute approximate surface area is 93.8 Å². The van der Waals surface area contributed by atoms with Crippen molar-refractivity contribution < 1.29 is 9.32 Å². The van der Waals surface area contributed by atoms with Crippen molar-refractivity contribution in [2.75, 3.05) is 19.6 Å². The lowest BCUT2D eigenvalue weighted by atomic mass is 9.92. The van der Waals surface area contributed by atoms with Gasteiger partial charge in [-0.05, 0) is 25.3 Å². The number of rotatable bonds is 1. The molecule has 0 bridgehead atoms. The highest BCUT2D eigenvalue weighted by atomic mass is 16.5. The van der Waals surface area contributed by atoms with Gasteiger partial charge in [-0.1, -0.05) is 5.16 Å². The molecule has 16 heavy (non-hydrogen) atoms. The Hall–Kier alpha value is -1.36. The maximum absolute atomic E-state index is 12.0. The Morgan fingerprint density at radius 2 is 2.50 bits per heavy atom. The van der Waals surface area contributed by atoms with Gasteiger partial charge in [-0.25, -0.2) is 0 Å². The third-order valence-electron chi connectivity index (χ3n) is 3.61. The lowest BCUT2D eigenvalue weighted by molar-refractivity contribution is 0.0628. The largest absolute Gasteiger partial charge is 0.351 e. The number of fused-ring (bicyclic) bond motifs is 1. The van der Waals surface area contributed by atoms with Crippen LogP contribution in [0.3, 0.4) is 0 Å². The molecule has 2 unspecified atom stereocenters. The molecule has 2 aliphatic rings. The molecule has 3 rings (SSSR count). The first-order valence-electron chi connectivity index (χ1n) is 5.78. The van der Waals surface area contributed by atoms with Crippen LogP contribution in [0.15, 0.2) is 16.8 Å². The molecule has 1 aromatic rings. The second-order valence-electron chi connectivity index (χ2n) is 4.53. The van der Waals surface area contributed by atoms with Crippen molar-refractivity contribution in [2.24, 2.45) is 5.92 Å². The number of likely N-dealkylation sites (tertiary alicyclic amines) is 1. The van der Waals surface area contributed by atoms with Gasteiger partial charge in [0.25, 0.3) is 5.91 Å². The first kappa shape index (κ1) is 9.84. The summed E-state index contributed by atoms with van der Waals surface area (Å²) in [6.07, 6.45) is 3.85. The lowest BCUT2D eigenvalue weighted by Gasteiger charge is -2.34. The fourth-order valence-electron chi connectivity index (χ4n) is 2.70. The lowest BCUT2D eigenvalue weighted by Crippen LogP contribution is -2.48. The van der Waals surface area contributed by atoms with Gasteiger partial charge in [0.2, 0.25) is 5.76 Å². The van der Waals surface area contributed by atoms with Gasteiger partial charge in [0.05, 0.1) is 6.20 Å². The van der Waals surface area contributed by atoms with Crippen molar-refractivity contribution in [1.29, 1.82) is 0 Å². The van der Waals surface area contributed by atoms with Gasteiger partial charge in [-0.15, -0.1) is 0 Å². The van der Waals surface area contributed by atoms with Crippen molar-refractivity contribution in [3.8, 4) is 0 Å². The molecule has 5 nitrogen and oxygen atoms in total. The van der Waals surface area contributed by atoms with E-state index in [4.69, 9.17) is 4.52 Å². The van der Waals surface area contributed by atoms with Crippen molar-refractivity contribution in [3.05, 3.63) is 18.0 Å². The van der Waals surface area contributed by atoms with E-state index in [0.29, 0.717) is 11.8 Å². The monoisotopic (exact) mass is 221 g/mol. The zero-order valence-electron chi connectivity index (χ0n) is 9.06. The number of amides is 1. The summed E-state index contributed by atoms with van der Waals surface area (Å²) in [4.78, 5) is 13.9. The van der Waals surface area contributed by atoms with Crippen molar-refractivity contribution in [2.45, 2.75) is 18.9 Å². The summed E-state index contributed by atoms with van der Waals surface area (Å²) in [5.41, 5.74) is 0. The molecule has 1 N–H and O–H groups in total. The summed E-state index contributed by atoms with van der Waals surface area (Å²) in [6.45, 7) is 2.71. The van der Waals surface area contributed by atoms with Gasteiger partial charge in [0.15, 0.2) is 0 Å². The number of hydrogen-bond donors (Lipinski definition) is 1. The van der Waals surface area contributed by atoms with Gasteiger partial charge in [-0.2, -0.15) is 0 Å². The van der Waals surface area contributed by atoms with Gasteiger partial charge in [-0.3, -0.25) is 4.79 Å². The zero-order chi connectivity index (χ0) is 11.0. The third kappa shape index (κ3) is 1.61. The average Bonchev–Trinajstić information content (AvgIpc) is 2.98. The molecular formula is C11H15N3O2. The highest BCUT2D eigenvalue weighted by molar-refractivity contribution is 5.91. The summed E-state index contributed by atoms with van der Waals surface area (Å²) in [5.74, 6) is 1.06. The topological polar surface area (TPSA) is 58.4 Å². The van der Waals surface area contributed by atoms with Crippen LogP contribution in [0.5, 0.6) is 0 Å². The summed E-state index contributed by atoms with van der Waals surface area (Å²) in [6, 6.07) is 2.09. The number of hydrogen-bond acceptors (Lipinski definition) is 4. The predicted molar refractivity (Wildman–Crippen MR) is 56.9 cm³/mol. The minimum atomic E-state index is -0.0374. The maximum Gasteiger partial charge on any atom is 0.292 e. The molecule has 0 aliphatic carbocycles. The molecule has 1 amide bonds. The SMILES string of the molecule is O=C(c1ccno1)N1CCC2CCNC2C1. The molecule has 3 heterocycles. The van der Waals surface area contributed by atoms with Crippen LogP contribution in [0.1, 0.15) is 23.4 Å². The maximum atomic E-state index is 12.0. The summed E-state index contributed by atoms with van der Waals surface area (Å²) >= 11 is 0. The normalized spacial score (nSPS) is 29.1. The first-order chi connectivity index (χ1) is 7.84.